The van der Waals surface area contributed by atoms with Gasteiger partial charge in [-0.2, -0.15) is 0 Å². The minimum Gasteiger partial charge on any atom is -0.483 e. The van der Waals surface area contributed by atoms with Crippen LogP contribution in [0.25, 0.3) is 0 Å². The van der Waals surface area contributed by atoms with Crippen molar-refractivity contribution in [3.63, 3.8) is 0 Å². The number of hydrogen-bond acceptors (Lipinski definition) is 5. The second-order valence-electron chi connectivity index (χ2n) is 7.35. The van der Waals surface area contributed by atoms with Gasteiger partial charge in [0.05, 0.1) is 11.4 Å². The zero-order valence-electron chi connectivity index (χ0n) is 17.1. The second-order valence-corrected chi connectivity index (χ2v) is 7.35. The molecule has 0 saturated carbocycles. The van der Waals surface area contributed by atoms with Crippen molar-refractivity contribution in [1.29, 1.82) is 0 Å². The van der Waals surface area contributed by atoms with Crippen LogP contribution in [0.4, 0.5) is 0 Å². The topological polar surface area (TPSA) is 62.6 Å². The van der Waals surface area contributed by atoms with E-state index in [1.54, 1.807) is 12.4 Å². The Bertz CT molecular complexity index is 999. The van der Waals surface area contributed by atoms with Gasteiger partial charge in [-0.15, -0.1) is 0 Å². The first-order valence-corrected chi connectivity index (χ1v) is 10.3. The molecule has 6 nitrogen and oxygen atoms in total. The van der Waals surface area contributed by atoms with Crippen LogP contribution in [-0.4, -0.2) is 22.4 Å². The highest BCUT2D eigenvalue weighted by atomic mass is 16.7. The highest BCUT2D eigenvalue weighted by molar-refractivity contribution is 5.35. The van der Waals surface area contributed by atoms with Crippen molar-refractivity contribution in [2.75, 3.05) is 6.61 Å². The molecule has 1 aliphatic rings. The summed E-state index contributed by atoms with van der Waals surface area (Å²) in [5, 5.41) is 0. The van der Waals surface area contributed by atoms with Gasteiger partial charge < -0.3 is 18.8 Å². The Morgan fingerprint density at radius 1 is 1.13 bits per heavy atom. The highest BCUT2D eigenvalue weighted by Gasteiger charge is 2.29. The summed E-state index contributed by atoms with van der Waals surface area (Å²) in [6.45, 7) is 0.965. The number of benzene rings is 1. The van der Waals surface area contributed by atoms with Crippen LogP contribution < -0.4 is 10.2 Å². The SMILES string of the molecule is Cn1ccc(=O)c(OCc2ccccc2)c1C(OC1CCCCO1)c1ccccn1. The number of aryl methyl sites for hydroxylation is 1. The third kappa shape index (κ3) is 4.78. The van der Waals surface area contributed by atoms with Gasteiger partial charge in [0.15, 0.2) is 12.0 Å². The average molecular weight is 406 g/mol. The minimum absolute atomic E-state index is 0.187. The van der Waals surface area contributed by atoms with Crippen LogP contribution in [0.3, 0.4) is 0 Å². The fraction of sp³-hybridized carbons (Fsp3) is 0.333. The fourth-order valence-electron chi connectivity index (χ4n) is 3.58. The molecule has 0 aliphatic carbocycles. The maximum atomic E-state index is 12.8. The standard InChI is InChI=1S/C24H26N2O4/c1-26-15-13-20(27)24(29-17-18-9-3-2-4-10-18)22(26)23(19-11-5-7-14-25-19)30-21-12-6-8-16-28-21/h2-5,7,9-11,13-15,21,23H,6,8,12,16-17H2,1H3. The summed E-state index contributed by atoms with van der Waals surface area (Å²) in [4.78, 5) is 17.3. The van der Waals surface area contributed by atoms with Crippen molar-refractivity contribution in [3.8, 4) is 5.75 Å². The molecule has 2 atom stereocenters. The molecule has 30 heavy (non-hydrogen) atoms. The van der Waals surface area contributed by atoms with Gasteiger partial charge >= 0.3 is 0 Å². The molecule has 3 aromatic rings. The molecule has 0 bridgehead atoms. The quantitative estimate of drug-likeness (QED) is 0.594. The number of rotatable bonds is 7. The van der Waals surface area contributed by atoms with Crippen molar-refractivity contribution in [3.05, 3.63) is 94.2 Å². The van der Waals surface area contributed by atoms with E-state index in [-0.39, 0.29) is 17.5 Å². The first-order chi connectivity index (χ1) is 14.7. The first kappa shape index (κ1) is 20.3. The Labute approximate surface area is 176 Å². The molecule has 0 spiro atoms. The molecule has 1 aromatic carbocycles. The van der Waals surface area contributed by atoms with E-state index in [0.29, 0.717) is 24.6 Å². The number of aromatic nitrogens is 2. The summed E-state index contributed by atoms with van der Waals surface area (Å²) in [6.07, 6.45) is 5.41. The highest BCUT2D eigenvalue weighted by Crippen LogP contribution is 2.33. The summed E-state index contributed by atoms with van der Waals surface area (Å²) in [5.74, 6) is 0.273. The van der Waals surface area contributed by atoms with Gasteiger partial charge in [-0.25, -0.2) is 0 Å². The Morgan fingerprint density at radius 3 is 2.70 bits per heavy atom. The number of pyridine rings is 2. The zero-order chi connectivity index (χ0) is 20.8. The van der Waals surface area contributed by atoms with E-state index in [1.807, 2.05) is 60.1 Å². The summed E-state index contributed by atoms with van der Waals surface area (Å²) in [6, 6.07) is 17.0. The Balaban J connectivity index is 1.71. The van der Waals surface area contributed by atoms with Gasteiger partial charge in [0.1, 0.15) is 12.7 Å². The molecule has 0 radical (unpaired) electrons. The predicted molar refractivity (Wildman–Crippen MR) is 113 cm³/mol. The number of ether oxygens (including phenoxy) is 3. The van der Waals surface area contributed by atoms with Gasteiger partial charge in [0.25, 0.3) is 0 Å². The van der Waals surface area contributed by atoms with Crippen molar-refractivity contribution < 1.29 is 14.2 Å². The molecule has 4 rings (SSSR count). The maximum absolute atomic E-state index is 12.8. The van der Waals surface area contributed by atoms with Crippen LogP contribution >= 0.6 is 0 Å². The summed E-state index contributed by atoms with van der Waals surface area (Å²) in [5.41, 5.74) is 2.14. The third-order valence-electron chi connectivity index (χ3n) is 5.14. The molecule has 2 unspecified atom stereocenters. The van der Waals surface area contributed by atoms with Gasteiger partial charge in [0.2, 0.25) is 5.43 Å². The molecule has 0 amide bonds. The summed E-state index contributed by atoms with van der Waals surface area (Å²) < 4.78 is 20.1. The average Bonchev–Trinajstić information content (AvgIpc) is 2.80. The van der Waals surface area contributed by atoms with Crippen molar-refractivity contribution >= 4 is 0 Å². The Morgan fingerprint density at radius 2 is 1.97 bits per heavy atom. The smallest absolute Gasteiger partial charge is 0.223 e. The molecule has 1 saturated heterocycles. The number of hydrogen-bond donors (Lipinski definition) is 0. The van der Waals surface area contributed by atoms with Gasteiger partial charge in [-0.05, 0) is 37.0 Å². The maximum Gasteiger partial charge on any atom is 0.223 e. The molecule has 2 aromatic heterocycles. The molecule has 6 heteroatoms. The van der Waals surface area contributed by atoms with Crippen molar-refractivity contribution in [2.24, 2.45) is 7.05 Å². The van der Waals surface area contributed by atoms with E-state index in [1.165, 1.54) is 6.07 Å². The van der Waals surface area contributed by atoms with Crippen LogP contribution in [0.5, 0.6) is 5.75 Å². The largest absolute Gasteiger partial charge is 0.483 e. The monoisotopic (exact) mass is 406 g/mol. The lowest BCUT2D eigenvalue weighted by atomic mass is 10.1. The Kier molecular flexibility index (Phi) is 6.57. The van der Waals surface area contributed by atoms with Gasteiger partial charge in [-0.1, -0.05) is 36.4 Å². The molecule has 0 N–H and O–H groups in total. The minimum atomic E-state index is -0.584. The van der Waals surface area contributed by atoms with Crippen LogP contribution in [0.15, 0.2) is 71.8 Å². The molecular weight excluding hydrogens is 380 g/mol. The Hall–Kier alpha value is -2.96. The lowest BCUT2D eigenvalue weighted by Crippen LogP contribution is -2.28. The first-order valence-electron chi connectivity index (χ1n) is 10.3. The molecule has 3 heterocycles. The molecule has 1 aliphatic heterocycles. The lowest BCUT2D eigenvalue weighted by molar-refractivity contribution is -0.183. The van der Waals surface area contributed by atoms with E-state index in [9.17, 15) is 4.79 Å². The predicted octanol–water partition coefficient (Wildman–Crippen LogP) is 3.99. The van der Waals surface area contributed by atoms with E-state index in [2.05, 4.69) is 4.98 Å². The van der Waals surface area contributed by atoms with Crippen LogP contribution in [-0.2, 0) is 23.1 Å². The molecular formula is C24H26N2O4. The second kappa shape index (κ2) is 9.69. The zero-order valence-corrected chi connectivity index (χ0v) is 17.1. The van der Waals surface area contributed by atoms with E-state index in [4.69, 9.17) is 14.2 Å². The fourth-order valence-corrected chi connectivity index (χ4v) is 3.58. The van der Waals surface area contributed by atoms with Crippen LogP contribution in [0.2, 0.25) is 0 Å². The summed E-state index contributed by atoms with van der Waals surface area (Å²) >= 11 is 0. The van der Waals surface area contributed by atoms with E-state index >= 15 is 0 Å². The van der Waals surface area contributed by atoms with Gasteiger partial charge in [0, 0.05) is 32.1 Å². The van der Waals surface area contributed by atoms with Crippen LogP contribution in [0, 0.1) is 0 Å². The van der Waals surface area contributed by atoms with Gasteiger partial charge in [-0.3, -0.25) is 9.78 Å². The van der Waals surface area contributed by atoms with E-state index < -0.39 is 6.10 Å². The third-order valence-corrected chi connectivity index (χ3v) is 5.14. The van der Waals surface area contributed by atoms with Crippen LogP contribution in [0.1, 0.15) is 42.3 Å². The molecule has 156 valence electrons. The van der Waals surface area contributed by atoms with Crippen molar-refractivity contribution in [2.45, 2.75) is 38.3 Å². The molecule has 1 fully saturated rings. The van der Waals surface area contributed by atoms with E-state index in [0.717, 1.165) is 24.8 Å². The van der Waals surface area contributed by atoms with Crippen molar-refractivity contribution in [1.82, 2.24) is 9.55 Å². The number of nitrogens with zero attached hydrogens (tertiary/aromatic N) is 2. The summed E-state index contributed by atoms with van der Waals surface area (Å²) in [7, 11) is 1.88. The normalized spacial score (nSPS) is 17.4. The lowest BCUT2D eigenvalue weighted by Gasteiger charge is -2.29.